The molecule has 0 aromatic rings. The largest absolute Gasteiger partial charge is 5.00 e. The molecule has 0 aromatic carbocycles. The molecule has 0 radical (unpaired) electrons. The zero-order valence-electron chi connectivity index (χ0n) is 18.5. The first kappa shape index (κ1) is 44.8. The number of hydrogen-bond donors (Lipinski definition) is 1. The normalized spacial score (nSPS) is 8.64. The Morgan fingerprint density at radius 3 is 0.400 bits per heavy atom. The Hall–Kier alpha value is 0.643. The van der Waals surface area contributed by atoms with Crippen LogP contribution >= 0.6 is 0 Å². The van der Waals surface area contributed by atoms with Gasteiger partial charge in [0.05, 0.1) is 0 Å². The first-order valence-corrected chi connectivity index (χ1v) is 8.36. The smallest absolute Gasteiger partial charge is 0.852 e. The van der Waals surface area contributed by atoms with Crippen LogP contribution < -0.4 is 25.5 Å². The van der Waals surface area contributed by atoms with Gasteiger partial charge < -0.3 is 30.6 Å². The van der Waals surface area contributed by atoms with Crippen molar-refractivity contribution in [1.82, 2.24) is 0 Å². The summed E-state index contributed by atoms with van der Waals surface area (Å²) in [6, 6.07) is 0. The molecule has 25 heavy (non-hydrogen) atoms. The van der Waals surface area contributed by atoms with Gasteiger partial charge in [-0.3, -0.25) is 0 Å². The van der Waals surface area contributed by atoms with Crippen LogP contribution in [0.15, 0.2) is 0 Å². The summed E-state index contributed by atoms with van der Waals surface area (Å²) >= 11 is 0. The zero-order chi connectivity index (χ0) is 21.5. The second-order valence-corrected chi connectivity index (χ2v) is 6.34. The third-order valence-corrected chi connectivity index (χ3v) is 0. The summed E-state index contributed by atoms with van der Waals surface area (Å²) < 4.78 is 0. The van der Waals surface area contributed by atoms with Crippen molar-refractivity contribution in [3.63, 3.8) is 0 Å². The molecule has 0 aliphatic heterocycles. The number of hydrogen-bond acceptors (Lipinski definition) is 6. The zero-order valence-corrected chi connectivity index (χ0v) is 20.9. The predicted octanol–water partition coefficient (Wildman–Crippen LogP) is -0.840. The standard InChI is InChI=1S/C3H8O.5C3H7O.Zr/c6*1-3(2)4;/h3-4H,1-2H3;5*3H,1-2H3;/q;5*-1;+5. The van der Waals surface area contributed by atoms with E-state index >= 15 is 0 Å². The molecular weight excluding hydrogens is 403 g/mol. The van der Waals surface area contributed by atoms with Gasteiger partial charge in [0.15, 0.2) is 0 Å². The molecule has 0 bridgehead atoms. The minimum absolute atomic E-state index is 0. The summed E-state index contributed by atoms with van der Waals surface area (Å²) in [5.41, 5.74) is 0. The Labute approximate surface area is 176 Å². The van der Waals surface area contributed by atoms with E-state index in [4.69, 9.17) is 5.11 Å². The minimum atomic E-state index is -0.417. The van der Waals surface area contributed by atoms with E-state index in [2.05, 4.69) is 0 Å². The molecule has 0 aliphatic rings. The van der Waals surface area contributed by atoms with Gasteiger partial charge in [-0.1, -0.05) is 69.2 Å². The Morgan fingerprint density at radius 2 is 0.400 bits per heavy atom. The van der Waals surface area contributed by atoms with Gasteiger partial charge in [0.1, 0.15) is 0 Å². The molecule has 6 nitrogen and oxygen atoms in total. The van der Waals surface area contributed by atoms with Crippen LogP contribution in [-0.4, -0.2) is 41.7 Å². The SMILES string of the molecule is CC(C)O.CC(C)[O-].CC(C)[O-].CC(C)[O-].CC(C)[O-].CC(C)[O-].[Zr+5]. The number of aliphatic hydroxyl groups is 1. The monoisotopic (exact) mass is 445 g/mol. The summed E-state index contributed by atoms with van der Waals surface area (Å²) in [5.74, 6) is 0. The van der Waals surface area contributed by atoms with Crippen molar-refractivity contribution in [3.05, 3.63) is 0 Å². The topological polar surface area (TPSA) is 136 Å². The molecule has 0 amide bonds. The predicted molar refractivity (Wildman–Crippen MR) is 93.0 cm³/mol. The van der Waals surface area contributed by atoms with E-state index in [-0.39, 0.29) is 32.3 Å². The molecule has 0 rings (SSSR count). The van der Waals surface area contributed by atoms with Gasteiger partial charge >= 0.3 is 26.2 Å². The van der Waals surface area contributed by atoms with Crippen molar-refractivity contribution < 1.29 is 56.8 Å². The van der Waals surface area contributed by atoms with Crippen molar-refractivity contribution >= 4 is 0 Å². The summed E-state index contributed by atoms with van der Waals surface area (Å²) in [5, 5.41) is 55.7. The van der Waals surface area contributed by atoms with E-state index < -0.39 is 30.5 Å². The molecule has 0 atom stereocenters. The average molecular weight is 447 g/mol. The van der Waals surface area contributed by atoms with Crippen LogP contribution in [0.25, 0.3) is 0 Å². The molecule has 7 heteroatoms. The first-order valence-electron chi connectivity index (χ1n) is 8.36. The van der Waals surface area contributed by atoms with Gasteiger partial charge in [-0.25, -0.2) is 0 Å². The van der Waals surface area contributed by atoms with Crippen molar-refractivity contribution in [2.45, 2.75) is 120 Å². The van der Waals surface area contributed by atoms with Crippen molar-refractivity contribution in [3.8, 4) is 0 Å². The molecular formula is C18H43O6Zr. The molecule has 0 unspecified atom stereocenters. The molecule has 0 heterocycles. The third-order valence-electron chi connectivity index (χ3n) is 0. The summed E-state index contributed by atoms with van der Waals surface area (Å²) in [6.45, 7) is 19.6. The van der Waals surface area contributed by atoms with Crippen LogP contribution in [0.5, 0.6) is 0 Å². The summed E-state index contributed by atoms with van der Waals surface area (Å²) in [4.78, 5) is 0. The molecule has 0 spiro atoms. The van der Waals surface area contributed by atoms with Crippen molar-refractivity contribution in [1.29, 1.82) is 0 Å². The number of rotatable bonds is 0. The molecule has 0 aromatic heterocycles. The number of aliphatic hydroxyl groups excluding tert-OH is 1. The maximum Gasteiger partial charge on any atom is 5.00 e. The molecule has 1 N–H and O–H groups in total. The third kappa shape index (κ3) is 30500. The van der Waals surface area contributed by atoms with E-state index in [0.717, 1.165) is 0 Å². The molecule has 0 saturated heterocycles. The summed E-state index contributed by atoms with van der Waals surface area (Å²) in [7, 11) is 0. The maximum atomic E-state index is 9.53. The van der Waals surface area contributed by atoms with Crippen molar-refractivity contribution in [2.75, 3.05) is 0 Å². The Bertz CT molecular complexity index is 101. The fourth-order valence-electron chi connectivity index (χ4n) is 0. The first-order chi connectivity index (χ1) is 10.4. The van der Waals surface area contributed by atoms with Crippen LogP contribution in [0.4, 0.5) is 0 Å². The summed E-state index contributed by atoms with van der Waals surface area (Å²) in [6.07, 6.45) is -2.25. The fraction of sp³-hybridized carbons (Fsp3) is 1.00. The van der Waals surface area contributed by atoms with Crippen LogP contribution in [0.2, 0.25) is 0 Å². The van der Waals surface area contributed by atoms with Crippen molar-refractivity contribution in [2.24, 2.45) is 0 Å². The second kappa shape index (κ2) is 39.6. The van der Waals surface area contributed by atoms with Gasteiger partial charge in [0.25, 0.3) is 0 Å². The Morgan fingerprint density at radius 1 is 0.400 bits per heavy atom. The Balaban J connectivity index is -0.0000000309. The van der Waals surface area contributed by atoms with E-state index in [9.17, 15) is 25.5 Å². The average Bonchev–Trinajstić information content (AvgIpc) is 2.08. The van der Waals surface area contributed by atoms with Gasteiger partial charge in [-0.05, 0) is 13.8 Å². The van der Waals surface area contributed by atoms with E-state index in [1.807, 2.05) is 0 Å². The molecule has 0 saturated carbocycles. The fourth-order valence-corrected chi connectivity index (χ4v) is 0. The van der Waals surface area contributed by atoms with Crippen LogP contribution in [0.3, 0.4) is 0 Å². The van der Waals surface area contributed by atoms with E-state index in [1.165, 1.54) is 0 Å². The van der Waals surface area contributed by atoms with E-state index in [0.29, 0.717) is 0 Å². The Kier molecular flexibility index (Phi) is 71.0. The molecule has 155 valence electrons. The van der Waals surface area contributed by atoms with Gasteiger partial charge in [0, 0.05) is 6.10 Å². The molecule has 0 fully saturated rings. The van der Waals surface area contributed by atoms with Crippen LogP contribution in [0, 0.1) is 0 Å². The van der Waals surface area contributed by atoms with Crippen LogP contribution in [-0.2, 0) is 26.2 Å². The van der Waals surface area contributed by atoms with Crippen LogP contribution in [0.1, 0.15) is 83.1 Å². The van der Waals surface area contributed by atoms with Gasteiger partial charge in [-0.2, -0.15) is 0 Å². The van der Waals surface area contributed by atoms with Gasteiger partial charge in [-0.15, -0.1) is 30.5 Å². The van der Waals surface area contributed by atoms with E-state index in [1.54, 1.807) is 83.1 Å². The minimum Gasteiger partial charge on any atom is -0.852 e. The maximum absolute atomic E-state index is 9.53. The second-order valence-electron chi connectivity index (χ2n) is 6.34. The van der Waals surface area contributed by atoms with Gasteiger partial charge in [0.2, 0.25) is 0 Å². The molecule has 0 aliphatic carbocycles. The quantitative estimate of drug-likeness (QED) is 0.515.